The second-order valence-electron chi connectivity index (χ2n) is 6.28. The zero-order valence-electron chi connectivity index (χ0n) is 12.8. The molecule has 1 heterocycles. The molecule has 0 radical (unpaired) electrons. The second kappa shape index (κ2) is 5.61. The molecular weight excluding hydrogens is 280 g/mol. The molecule has 1 aliphatic heterocycles. The first-order valence-electron chi connectivity index (χ1n) is 7.71. The van der Waals surface area contributed by atoms with Gasteiger partial charge in [0, 0.05) is 30.9 Å². The van der Waals surface area contributed by atoms with Gasteiger partial charge in [-0.2, -0.15) is 0 Å². The molecule has 1 unspecified atom stereocenters. The maximum absolute atomic E-state index is 12.4. The Bertz CT molecular complexity index is 582. The Balaban J connectivity index is 1.69. The predicted molar refractivity (Wildman–Crippen MR) is 84.8 cm³/mol. The quantitative estimate of drug-likeness (QED) is 0.760. The van der Waals surface area contributed by atoms with E-state index < -0.39 is 0 Å². The molecule has 1 atom stereocenters. The van der Waals surface area contributed by atoms with Gasteiger partial charge in [0.2, 0.25) is 0 Å². The first-order valence-corrected chi connectivity index (χ1v) is 7.71. The molecule has 1 aliphatic carbocycles. The summed E-state index contributed by atoms with van der Waals surface area (Å²) in [6.07, 6.45) is 2.24. The molecule has 118 valence electrons. The summed E-state index contributed by atoms with van der Waals surface area (Å²) in [6.45, 7) is 3.75. The molecule has 6 nitrogen and oxygen atoms in total. The van der Waals surface area contributed by atoms with Crippen LogP contribution in [0.3, 0.4) is 0 Å². The van der Waals surface area contributed by atoms with Crippen LogP contribution in [0, 0.1) is 5.92 Å². The third kappa shape index (κ3) is 2.78. The average molecular weight is 302 g/mol. The van der Waals surface area contributed by atoms with Crippen LogP contribution in [0.5, 0.6) is 0 Å². The Morgan fingerprint density at radius 2 is 2.09 bits per heavy atom. The van der Waals surface area contributed by atoms with Crippen LogP contribution in [0.25, 0.3) is 0 Å². The highest BCUT2D eigenvalue weighted by atomic mass is 16.2. The lowest BCUT2D eigenvalue weighted by Gasteiger charge is -2.29. The second-order valence-corrected chi connectivity index (χ2v) is 6.28. The minimum absolute atomic E-state index is 0.0957. The van der Waals surface area contributed by atoms with Crippen LogP contribution < -0.4 is 21.3 Å². The van der Waals surface area contributed by atoms with E-state index >= 15 is 0 Å². The van der Waals surface area contributed by atoms with Gasteiger partial charge in [0.25, 0.3) is 5.91 Å². The summed E-state index contributed by atoms with van der Waals surface area (Å²) in [4.78, 5) is 25.7. The fourth-order valence-electron chi connectivity index (χ4n) is 2.88. The number of benzene rings is 1. The van der Waals surface area contributed by atoms with E-state index in [1.165, 1.54) is 0 Å². The van der Waals surface area contributed by atoms with Crippen molar-refractivity contribution in [2.75, 3.05) is 24.5 Å². The molecule has 3 amide bonds. The molecule has 2 aliphatic rings. The van der Waals surface area contributed by atoms with Crippen molar-refractivity contribution in [3.05, 3.63) is 29.8 Å². The Morgan fingerprint density at radius 3 is 2.59 bits per heavy atom. The Morgan fingerprint density at radius 1 is 1.41 bits per heavy atom. The van der Waals surface area contributed by atoms with Crippen LogP contribution in [0.1, 0.15) is 30.1 Å². The number of anilines is 1. The summed E-state index contributed by atoms with van der Waals surface area (Å²) in [5.74, 6) is 0.367. The fraction of sp³-hybridized carbons (Fsp3) is 0.500. The molecule has 1 aromatic carbocycles. The molecule has 3 rings (SSSR count). The molecule has 1 saturated heterocycles. The molecule has 0 spiro atoms. The van der Waals surface area contributed by atoms with E-state index in [4.69, 9.17) is 5.73 Å². The minimum Gasteiger partial charge on any atom is -0.345 e. The van der Waals surface area contributed by atoms with E-state index in [1.54, 1.807) is 29.2 Å². The Kier molecular flexibility index (Phi) is 3.78. The first-order chi connectivity index (χ1) is 10.5. The molecule has 2 fully saturated rings. The van der Waals surface area contributed by atoms with Gasteiger partial charge < -0.3 is 16.4 Å². The van der Waals surface area contributed by atoms with Gasteiger partial charge in [-0.1, -0.05) is 0 Å². The van der Waals surface area contributed by atoms with Crippen molar-refractivity contribution in [2.45, 2.75) is 25.3 Å². The van der Waals surface area contributed by atoms with Gasteiger partial charge in [0.15, 0.2) is 0 Å². The third-order valence-corrected chi connectivity index (χ3v) is 4.60. The van der Waals surface area contributed by atoms with Gasteiger partial charge in [0.1, 0.15) is 0 Å². The summed E-state index contributed by atoms with van der Waals surface area (Å²) in [6, 6.07) is 7.01. The van der Waals surface area contributed by atoms with E-state index in [0.717, 1.165) is 18.5 Å². The maximum Gasteiger partial charge on any atom is 0.321 e. The standard InChI is InChI=1S/C16H22N4O2/c1-16(10-17,12-4-5-12)19-14(21)11-2-6-13(7-3-11)20-9-8-18-15(20)22/h2-3,6-7,12H,4-5,8-10,17H2,1H3,(H,18,22)(H,19,21). The van der Waals surface area contributed by atoms with E-state index in [-0.39, 0.29) is 17.5 Å². The van der Waals surface area contributed by atoms with E-state index in [9.17, 15) is 9.59 Å². The van der Waals surface area contributed by atoms with Crippen LogP contribution >= 0.6 is 0 Å². The van der Waals surface area contributed by atoms with Crippen LogP contribution in [-0.4, -0.2) is 37.1 Å². The zero-order valence-corrected chi connectivity index (χ0v) is 12.8. The van der Waals surface area contributed by atoms with Crippen molar-refractivity contribution >= 4 is 17.6 Å². The molecule has 22 heavy (non-hydrogen) atoms. The molecule has 1 saturated carbocycles. The van der Waals surface area contributed by atoms with E-state index in [0.29, 0.717) is 31.1 Å². The fourth-order valence-corrected chi connectivity index (χ4v) is 2.88. The van der Waals surface area contributed by atoms with Crippen LogP contribution in [-0.2, 0) is 0 Å². The van der Waals surface area contributed by atoms with Crippen molar-refractivity contribution in [1.29, 1.82) is 0 Å². The number of carbonyl (C=O) groups excluding carboxylic acids is 2. The minimum atomic E-state index is -0.329. The average Bonchev–Trinajstić information content (AvgIpc) is 3.30. The van der Waals surface area contributed by atoms with Crippen molar-refractivity contribution in [3.8, 4) is 0 Å². The lowest BCUT2D eigenvalue weighted by Crippen LogP contribution is -2.53. The molecule has 6 heteroatoms. The number of nitrogens with zero attached hydrogens (tertiary/aromatic N) is 1. The third-order valence-electron chi connectivity index (χ3n) is 4.60. The van der Waals surface area contributed by atoms with Gasteiger partial charge in [-0.3, -0.25) is 9.69 Å². The van der Waals surface area contributed by atoms with Gasteiger partial charge in [0.05, 0.1) is 5.54 Å². The maximum atomic E-state index is 12.4. The SMILES string of the molecule is CC(CN)(NC(=O)c1ccc(N2CCNC2=O)cc1)C1CC1. The summed E-state index contributed by atoms with van der Waals surface area (Å²) in [7, 11) is 0. The lowest BCUT2D eigenvalue weighted by molar-refractivity contribution is 0.0898. The molecule has 0 bridgehead atoms. The summed E-state index contributed by atoms with van der Waals surface area (Å²) in [5, 5.41) is 5.82. The largest absolute Gasteiger partial charge is 0.345 e. The number of amides is 3. The predicted octanol–water partition coefficient (Wildman–Crippen LogP) is 1.07. The van der Waals surface area contributed by atoms with Crippen molar-refractivity contribution in [2.24, 2.45) is 11.7 Å². The van der Waals surface area contributed by atoms with E-state index in [1.807, 2.05) is 6.92 Å². The topological polar surface area (TPSA) is 87.5 Å². The zero-order chi connectivity index (χ0) is 15.7. The number of nitrogens with two attached hydrogens (primary N) is 1. The normalized spacial score (nSPS) is 20.5. The smallest absolute Gasteiger partial charge is 0.321 e. The Hall–Kier alpha value is -2.08. The van der Waals surface area contributed by atoms with Gasteiger partial charge in [-0.15, -0.1) is 0 Å². The number of urea groups is 1. The number of hydrogen-bond donors (Lipinski definition) is 3. The van der Waals surface area contributed by atoms with Gasteiger partial charge in [-0.05, 0) is 49.9 Å². The number of nitrogens with one attached hydrogen (secondary N) is 2. The Labute approximate surface area is 130 Å². The van der Waals surface area contributed by atoms with E-state index in [2.05, 4.69) is 10.6 Å². The first kappa shape index (κ1) is 14.8. The van der Waals surface area contributed by atoms with Crippen molar-refractivity contribution in [3.63, 3.8) is 0 Å². The summed E-state index contributed by atoms with van der Waals surface area (Å²) >= 11 is 0. The van der Waals surface area contributed by atoms with Crippen molar-refractivity contribution < 1.29 is 9.59 Å². The summed E-state index contributed by atoms with van der Waals surface area (Å²) < 4.78 is 0. The molecule has 0 aromatic heterocycles. The molecular formula is C16H22N4O2. The van der Waals surface area contributed by atoms with Gasteiger partial charge >= 0.3 is 6.03 Å². The highest BCUT2D eigenvalue weighted by molar-refractivity contribution is 5.97. The van der Waals surface area contributed by atoms with Crippen LogP contribution in [0.15, 0.2) is 24.3 Å². The van der Waals surface area contributed by atoms with Gasteiger partial charge in [-0.25, -0.2) is 4.79 Å². The molecule has 1 aromatic rings. The number of rotatable bonds is 5. The lowest BCUT2D eigenvalue weighted by atomic mass is 9.95. The van der Waals surface area contributed by atoms with Crippen LogP contribution in [0.2, 0.25) is 0 Å². The highest BCUT2D eigenvalue weighted by Gasteiger charge is 2.41. The number of carbonyl (C=O) groups is 2. The monoisotopic (exact) mass is 302 g/mol. The van der Waals surface area contributed by atoms with Crippen molar-refractivity contribution in [1.82, 2.24) is 10.6 Å². The number of hydrogen-bond acceptors (Lipinski definition) is 3. The summed E-state index contributed by atoms with van der Waals surface area (Å²) in [5.41, 5.74) is 6.89. The molecule has 4 N–H and O–H groups in total. The highest BCUT2D eigenvalue weighted by Crippen LogP contribution is 2.39. The van der Waals surface area contributed by atoms with Crippen LogP contribution in [0.4, 0.5) is 10.5 Å².